The molecule has 1 aromatic carbocycles. The summed E-state index contributed by atoms with van der Waals surface area (Å²) in [6.45, 7) is 8.41. The number of rotatable bonds is 4. The first kappa shape index (κ1) is 16.0. The van der Waals surface area contributed by atoms with Crippen molar-refractivity contribution in [2.24, 2.45) is 7.05 Å². The van der Waals surface area contributed by atoms with Crippen molar-refractivity contribution >= 4 is 5.97 Å². The highest BCUT2D eigenvalue weighted by atomic mass is 16.5. The number of carbonyl (C=O) groups excluding carboxylic acids is 1. The van der Waals surface area contributed by atoms with Gasteiger partial charge in [-0.15, -0.1) is 5.10 Å². The van der Waals surface area contributed by atoms with Crippen LogP contribution in [0.5, 0.6) is 11.8 Å². The average molecular weight is 303 g/mol. The molecule has 0 fully saturated rings. The Balaban J connectivity index is 2.21. The van der Waals surface area contributed by atoms with Crippen molar-refractivity contribution in [1.82, 2.24) is 14.8 Å². The molecule has 0 aliphatic carbocycles. The van der Waals surface area contributed by atoms with Gasteiger partial charge >= 0.3 is 12.0 Å². The first-order valence-corrected chi connectivity index (χ1v) is 7.18. The molecule has 0 saturated heterocycles. The molecule has 22 heavy (non-hydrogen) atoms. The quantitative estimate of drug-likeness (QED) is 0.812. The number of ether oxygens (including phenoxy) is 2. The van der Waals surface area contributed by atoms with Gasteiger partial charge in [0.05, 0.1) is 6.61 Å². The maximum absolute atomic E-state index is 11.7. The van der Waals surface area contributed by atoms with Crippen LogP contribution in [0.1, 0.15) is 43.9 Å². The van der Waals surface area contributed by atoms with Crippen LogP contribution >= 0.6 is 0 Å². The van der Waals surface area contributed by atoms with Crippen LogP contribution in [0.25, 0.3) is 0 Å². The molecule has 0 saturated carbocycles. The van der Waals surface area contributed by atoms with Crippen molar-refractivity contribution in [3.63, 3.8) is 0 Å². The Hall–Kier alpha value is -2.37. The molecule has 2 rings (SSSR count). The van der Waals surface area contributed by atoms with E-state index in [1.165, 1.54) is 4.68 Å². The second-order valence-electron chi connectivity index (χ2n) is 5.94. The third kappa shape index (κ3) is 3.63. The number of esters is 1. The van der Waals surface area contributed by atoms with Gasteiger partial charge in [-0.05, 0) is 30.0 Å². The molecule has 0 bridgehead atoms. The molecule has 0 aliphatic rings. The maximum atomic E-state index is 11.7. The summed E-state index contributed by atoms with van der Waals surface area (Å²) < 4.78 is 11.9. The maximum Gasteiger partial charge on any atom is 0.376 e. The van der Waals surface area contributed by atoms with Crippen LogP contribution in [0.2, 0.25) is 0 Å². The predicted octanol–water partition coefficient (Wildman–Crippen LogP) is 3.08. The molecular formula is C16H21N3O3. The minimum absolute atomic E-state index is 0.0208. The van der Waals surface area contributed by atoms with Crippen molar-refractivity contribution in [2.75, 3.05) is 6.61 Å². The standard InChI is InChI=1S/C16H21N3O3/c1-6-21-14(20)13-17-15(18-19(13)5)22-12-9-7-8-11(10-12)16(2,3)4/h7-10H,6H2,1-5H3. The SMILES string of the molecule is CCOC(=O)c1nc(Oc2cccc(C(C)(C)C)c2)nn1C. The van der Waals surface area contributed by atoms with E-state index in [2.05, 4.69) is 30.9 Å². The Kier molecular flexibility index (Phi) is 4.49. The van der Waals surface area contributed by atoms with Crippen molar-refractivity contribution in [2.45, 2.75) is 33.1 Å². The molecule has 1 aromatic heterocycles. The first-order valence-electron chi connectivity index (χ1n) is 7.18. The Morgan fingerprint density at radius 2 is 2.05 bits per heavy atom. The van der Waals surface area contributed by atoms with Gasteiger partial charge in [0.25, 0.3) is 0 Å². The lowest BCUT2D eigenvalue weighted by atomic mass is 9.87. The van der Waals surface area contributed by atoms with E-state index in [4.69, 9.17) is 9.47 Å². The summed E-state index contributed by atoms with van der Waals surface area (Å²) in [7, 11) is 1.62. The molecule has 6 heteroatoms. The van der Waals surface area contributed by atoms with Crippen LogP contribution in [-0.4, -0.2) is 27.3 Å². The van der Waals surface area contributed by atoms with Crippen LogP contribution in [0.4, 0.5) is 0 Å². The number of aryl methyl sites for hydroxylation is 1. The van der Waals surface area contributed by atoms with Crippen molar-refractivity contribution in [1.29, 1.82) is 0 Å². The highest BCUT2D eigenvalue weighted by Crippen LogP contribution is 2.27. The van der Waals surface area contributed by atoms with E-state index in [9.17, 15) is 4.79 Å². The number of nitrogens with zero attached hydrogens (tertiary/aromatic N) is 3. The van der Waals surface area contributed by atoms with Gasteiger partial charge in [0, 0.05) is 7.05 Å². The van der Waals surface area contributed by atoms with Gasteiger partial charge in [0.1, 0.15) is 5.75 Å². The lowest BCUT2D eigenvalue weighted by Crippen LogP contribution is -2.11. The second-order valence-corrected chi connectivity index (χ2v) is 5.94. The number of aromatic nitrogens is 3. The fourth-order valence-electron chi connectivity index (χ4n) is 1.91. The summed E-state index contributed by atoms with van der Waals surface area (Å²) >= 11 is 0. The Bertz CT molecular complexity index is 672. The van der Waals surface area contributed by atoms with E-state index in [1.807, 2.05) is 24.3 Å². The topological polar surface area (TPSA) is 66.2 Å². The summed E-state index contributed by atoms with van der Waals surface area (Å²) in [4.78, 5) is 15.8. The molecular weight excluding hydrogens is 282 g/mol. The molecule has 2 aromatic rings. The molecule has 1 heterocycles. The summed E-state index contributed by atoms with van der Waals surface area (Å²) in [5.41, 5.74) is 1.17. The van der Waals surface area contributed by atoms with Gasteiger partial charge in [-0.2, -0.15) is 4.98 Å². The number of hydrogen-bond donors (Lipinski definition) is 0. The minimum Gasteiger partial charge on any atom is -0.460 e. The number of carbonyl (C=O) groups is 1. The molecule has 0 radical (unpaired) electrons. The highest BCUT2D eigenvalue weighted by Gasteiger charge is 2.18. The lowest BCUT2D eigenvalue weighted by molar-refractivity contribution is 0.0506. The van der Waals surface area contributed by atoms with Gasteiger partial charge in [0.15, 0.2) is 0 Å². The largest absolute Gasteiger partial charge is 0.460 e. The molecule has 0 amide bonds. The third-order valence-corrected chi connectivity index (χ3v) is 3.11. The van der Waals surface area contributed by atoms with Gasteiger partial charge < -0.3 is 9.47 Å². The average Bonchev–Trinajstić information content (AvgIpc) is 2.79. The fourth-order valence-corrected chi connectivity index (χ4v) is 1.91. The van der Waals surface area contributed by atoms with E-state index < -0.39 is 5.97 Å². The van der Waals surface area contributed by atoms with Gasteiger partial charge in [-0.25, -0.2) is 9.48 Å². The zero-order valence-corrected chi connectivity index (χ0v) is 13.6. The summed E-state index contributed by atoms with van der Waals surface area (Å²) in [5.74, 6) is 0.230. The van der Waals surface area contributed by atoms with E-state index in [0.29, 0.717) is 5.75 Å². The number of benzene rings is 1. The molecule has 0 N–H and O–H groups in total. The Morgan fingerprint density at radius 1 is 1.32 bits per heavy atom. The van der Waals surface area contributed by atoms with E-state index >= 15 is 0 Å². The van der Waals surface area contributed by atoms with E-state index in [0.717, 1.165) is 5.56 Å². The lowest BCUT2D eigenvalue weighted by Gasteiger charge is -2.19. The minimum atomic E-state index is -0.518. The normalized spacial score (nSPS) is 11.3. The van der Waals surface area contributed by atoms with Gasteiger partial charge in [0.2, 0.25) is 5.82 Å². The van der Waals surface area contributed by atoms with Crippen molar-refractivity contribution < 1.29 is 14.3 Å². The first-order chi connectivity index (χ1) is 10.3. The van der Waals surface area contributed by atoms with Crippen molar-refractivity contribution in [3.05, 3.63) is 35.7 Å². The molecule has 0 spiro atoms. The van der Waals surface area contributed by atoms with Gasteiger partial charge in [-0.1, -0.05) is 32.9 Å². The Morgan fingerprint density at radius 3 is 2.68 bits per heavy atom. The van der Waals surface area contributed by atoms with E-state index in [1.54, 1.807) is 14.0 Å². The number of hydrogen-bond acceptors (Lipinski definition) is 5. The van der Waals surface area contributed by atoms with Crippen LogP contribution in [0.15, 0.2) is 24.3 Å². The summed E-state index contributed by atoms with van der Waals surface area (Å²) in [6.07, 6.45) is 0. The summed E-state index contributed by atoms with van der Waals surface area (Å²) in [6, 6.07) is 7.86. The highest BCUT2D eigenvalue weighted by molar-refractivity contribution is 5.85. The van der Waals surface area contributed by atoms with E-state index in [-0.39, 0.29) is 23.9 Å². The van der Waals surface area contributed by atoms with Crippen molar-refractivity contribution in [3.8, 4) is 11.8 Å². The summed E-state index contributed by atoms with van der Waals surface area (Å²) in [5, 5.41) is 4.08. The van der Waals surface area contributed by atoms with Crippen LogP contribution in [0.3, 0.4) is 0 Å². The van der Waals surface area contributed by atoms with Gasteiger partial charge in [-0.3, -0.25) is 0 Å². The molecule has 0 unspecified atom stereocenters. The van der Waals surface area contributed by atoms with Crippen LogP contribution in [0, 0.1) is 0 Å². The molecule has 0 atom stereocenters. The fraction of sp³-hybridized carbons (Fsp3) is 0.438. The van der Waals surface area contributed by atoms with Crippen LogP contribution in [-0.2, 0) is 17.2 Å². The zero-order chi connectivity index (χ0) is 16.3. The smallest absolute Gasteiger partial charge is 0.376 e. The second kappa shape index (κ2) is 6.17. The zero-order valence-electron chi connectivity index (χ0n) is 13.6. The van der Waals surface area contributed by atoms with Crippen LogP contribution < -0.4 is 4.74 Å². The molecule has 0 aliphatic heterocycles. The predicted molar refractivity (Wildman–Crippen MR) is 82.2 cm³/mol. The monoisotopic (exact) mass is 303 g/mol. The Labute approximate surface area is 130 Å². The third-order valence-electron chi connectivity index (χ3n) is 3.11. The molecule has 6 nitrogen and oxygen atoms in total. The molecule has 118 valence electrons.